The maximum atomic E-state index is 2.32. The minimum absolute atomic E-state index is 1.18. The van der Waals surface area contributed by atoms with Crippen LogP contribution in [0.3, 0.4) is 0 Å². The van der Waals surface area contributed by atoms with Crippen LogP contribution in [0.15, 0.2) is 103 Å². The summed E-state index contributed by atoms with van der Waals surface area (Å²) in [6, 6.07) is 37.9. The smallest absolute Gasteiger partial charge is 0.00990 e. The molecule has 0 aliphatic carbocycles. The van der Waals surface area contributed by atoms with Crippen LogP contribution in [0.2, 0.25) is 0 Å². The Balaban J connectivity index is 1.45. The highest BCUT2D eigenvalue weighted by Gasteiger charge is 2.06. The zero-order valence-electron chi connectivity index (χ0n) is 18.1. The largest absolute Gasteiger partial charge is 0.0654 e. The highest BCUT2D eigenvalue weighted by molar-refractivity contribution is 6.05. The van der Waals surface area contributed by atoms with E-state index in [1.54, 1.807) is 0 Å². The van der Waals surface area contributed by atoms with E-state index in [0.29, 0.717) is 0 Å². The summed E-state index contributed by atoms with van der Waals surface area (Å²) in [6.07, 6.45) is 5.05. The molecule has 0 atom stereocenters. The van der Waals surface area contributed by atoms with Gasteiger partial charge < -0.3 is 0 Å². The summed E-state index contributed by atoms with van der Waals surface area (Å²) < 4.78 is 0. The Bertz CT molecular complexity index is 1310. The summed E-state index contributed by atoms with van der Waals surface area (Å²) in [5.74, 6) is 0. The summed E-state index contributed by atoms with van der Waals surface area (Å²) in [6.45, 7) is 2.26. The van der Waals surface area contributed by atoms with Gasteiger partial charge >= 0.3 is 0 Å². The normalized spacial score (nSPS) is 11.3. The monoisotopic (exact) mass is 400 g/mol. The van der Waals surface area contributed by atoms with Gasteiger partial charge in [0.2, 0.25) is 0 Å². The van der Waals surface area contributed by atoms with Crippen molar-refractivity contribution < 1.29 is 0 Å². The molecule has 5 rings (SSSR count). The summed E-state index contributed by atoms with van der Waals surface area (Å²) in [4.78, 5) is 0. The molecular weight excluding hydrogens is 372 g/mol. The number of fused-ring (bicyclic) bond motifs is 2. The maximum Gasteiger partial charge on any atom is -0.00990 e. The quantitative estimate of drug-likeness (QED) is 0.197. The van der Waals surface area contributed by atoms with E-state index in [2.05, 4.69) is 110 Å². The molecule has 5 aromatic carbocycles. The molecule has 0 saturated carbocycles. The average molecular weight is 401 g/mol. The predicted molar refractivity (Wildman–Crippen MR) is 136 cm³/mol. The fourth-order valence-electron chi connectivity index (χ4n) is 4.50. The van der Waals surface area contributed by atoms with Crippen molar-refractivity contribution in [2.75, 3.05) is 0 Å². The lowest BCUT2D eigenvalue weighted by Crippen LogP contribution is -1.86. The van der Waals surface area contributed by atoms with E-state index in [1.807, 2.05) is 0 Å². The van der Waals surface area contributed by atoms with Crippen LogP contribution in [0.1, 0.15) is 31.7 Å². The third-order valence-electron chi connectivity index (χ3n) is 6.30. The second-order valence-electron chi connectivity index (χ2n) is 8.46. The molecule has 0 fully saturated rings. The van der Waals surface area contributed by atoms with E-state index in [0.717, 1.165) is 0 Å². The van der Waals surface area contributed by atoms with Crippen molar-refractivity contribution in [1.82, 2.24) is 0 Å². The Morgan fingerprint density at radius 1 is 0.516 bits per heavy atom. The molecule has 0 bridgehead atoms. The summed E-state index contributed by atoms with van der Waals surface area (Å²) >= 11 is 0. The van der Waals surface area contributed by atoms with Gasteiger partial charge in [-0.25, -0.2) is 0 Å². The van der Waals surface area contributed by atoms with E-state index in [9.17, 15) is 0 Å². The molecule has 0 aliphatic heterocycles. The summed E-state index contributed by atoms with van der Waals surface area (Å²) in [5.41, 5.74) is 6.56. The van der Waals surface area contributed by atoms with Gasteiger partial charge in [-0.15, -0.1) is 0 Å². The van der Waals surface area contributed by atoms with E-state index >= 15 is 0 Å². The highest BCUT2D eigenvalue weighted by Crippen LogP contribution is 2.33. The fourth-order valence-corrected chi connectivity index (χ4v) is 4.50. The van der Waals surface area contributed by atoms with E-state index in [4.69, 9.17) is 0 Å². The van der Waals surface area contributed by atoms with Crippen LogP contribution < -0.4 is 0 Å². The van der Waals surface area contributed by atoms with Crippen LogP contribution in [0.25, 0.3) is 43.8 Å². The van der Waals surface area contributed by atoms with E-state index in [1.165, 1.54) is 75.0 Å². The molecule has 0 nitrogen and oxygen atoms in total. The number of benzene rings is 5. The third-order valence-corrected chi connectivity index (χ3v) is 6.30. The molecule has 0 spiro atoms. The van der Waals surface area contributed by atoms with Crippen molar-refractivity contribution in [2.24, 2.45) is 0 Å². The standard InChI is InChI=1S/C31H28/c1-2-3-4-8-23-13-15-24(16-14-23)25-17-19-26(20-18-25)30-12-7-11-29-21-27-9-5-6-10-28(27)22-31(29)30/h5-7,9-22H,2-4,8H2,1H3. The first-order valence-electron chi connectivity index (χ1n) is 11.4. The van der Waals surface area contributed by atoms with Gasteiger partial charge in [0.05, 0.1) is 0 Å². The Morgan fingerprint density at radius 3 is 1.84 bits per heavy atom. The van der Waals surface area contributed by atoms with Crippen LogP contribution in [0, 0.1) is 0 Å². The third kappa shape index (κ3) is 4.11. The second kappa shape index (κ2) is 8.78. The van der Waals surface area contributed by atoms with Crippen molar-refractivity contribution in [3.8, 4) is 22.3 Å². The number of unbranched alkanes of at least 4 members (excludes halogenated alkanes) is 2. The Labute approximate surface area is 185 Å². The van der Waals surface area contributed by atoms with Crippen molar-refractivity contribution in [1.29, 1.82) is 0 Å². The van der Waals surface area contributed by atoms with E-state index in [-0.39, 0.29) is 0 Å². The zero-order valence-corrected chi connectivity index (χ0v) is 18.1. The molecule has 0 heterocycles. The average Bonchev–Trinajstić information content (AvgIpc) is 2.83. The van der Waals surface area contributed by atoms with Crippen molar-refractivity contribution in [3.05, 3.63) is 109 Å². The molecule has 0 aliphatic rings. The molecule has 0 N–H and O–H groups in total. The number of hydrogen-bond acceptors (Lipinski definition) is 0. The minimum atomic E-state index is 1.18. The molecule has 0 amide bonds. The summed E-state index contributed by atoms with van der Waals surface area (Å²) in [7, 11) is 0. The lowest BCUT2D eigenvalue weighted by atomic mass is 9.94. The Kier molecular flexibility index (Phi) is 5.54. The van der Waals surface area contributed by atoms with Gasteiger partial charge in [-0.3, -0.25) is 0 Å². The van der Waals surface area contributed by atoms with Crippen LogP contribution in [-0.4, -0.2) is 0 Å². The lowest BCUT2D eigenvalue weighted by Gasteiger charge is -2.10. The molecule has 0 saturated heterocycles. The number of rotatable bonds is 6. The molecule has 152 valence electrons. The Morgan fingerprint density at radius 2 is 1.13 bits per heavy atom. The van der Waals surface area contributed by atoms with Crippen LogP contribution >= 0.6 is 0 Å². The van der Waals surface area contributed by atoms with Gasteiger partial charge in [0.1, 0.15) is 0 Å². The van der Waals surface area contributed by atoms with Gasteiger partial charge in [-0.05, 0) is 74.3 Å². The van der Waals surface area contributed by atoms with Gasteiger partial charge in [0, 0.05) is 0 Å². The van der Waals surface area contributed by atoms with Crippen molar-refractivity contribution in [3.63, 3.8) is 0 Å². The maximum absolute atomic E-state index is 2.32. The van der Waals surface area contributed by atoms with E-state index < -0.39 is 0 Å². The summed E-state index contributed by atoms with van der Waals surface area (Å²) in [5, 5.41) is 5.18. The van der Waals surface area contributed by atoms with Gasteiger partial charge in [-0.1, -0.05) is 111 Å². The molecule has 0 unspecified atom stereocenters. The molecule has 5 aromatic rings. The fraction of sp³-hybridized carbons (Fsp3) is 0.161. The minimum Gasteiger partial charge on any atom is -0.0654 e. The van der Waals surface area contributed by atoms with Gasteiger partial charge in [0.25, 0.3) is 0 Å². The lowest BCUT2D eigenvalue weighted by molar-refractivity contribution is 0.717. The zero-order chi connectivity index (χ0) is 21.0. The van der Waals surface area contributed by atoms with Crippen LogP contribution in [-0.2, 0) is 6.42 Å². The molecule has 0 radical (unpaired) electrons. The van der Waals surface area contributed by atoms with Gasteiger partial charge in [-0.2, -0.15) is 0 Å². The first kappa shape index (κ1) is 19.6. The molecular formula is C31H28. The molecule has 31 heavy (non-hydrogen) atoms. The first-order valence-corrected chi connectivity index (χ1v) is 11.4. The number of hydrogen-bond donors (Lipinski definition) is 0. The van der Waals surface area contributed by atoms with Crippen molar-refractivity contribution >= 4 is 21.5 Å². The molecule has 0 aromatic heterocycles. The highest BCUT2D eigenvalue weighted by atomic mass is 14.1. The van der Waals surface area contributed by atoms with Gasteiger partial charge in [0.15, 0.2) is 0 Å². The second-order valence-corrected chi connectivity index (χ2v) is 8.46. The number of aryl methyl sites for hydroxylation is 1. The first-order chi connectivity index (χ1) is 15.3. The topological polar surface area (TPSA) is 0 Å². The Hall–Kier alpha value is -3.38. The van der Waals surface area contributed by atoms with Crippen LogP contribution in [0.4, 0.5) is 0 Å². The SMILES string of the molecule is CCCCCc1ccc(-c2ccc(-c3cccc4cc5ccccc5cc34)cc2)cc1. The molecule has 0 heteroatoms. The predicted octanol–water partition coefficient (Wildman–Crippen LogP) is 9.06. The van der Waals surface area contributed by atoms with Crippen LogP contribution in [0.5, 0.6) is 0 Å². The van der Waals surface area contributed by atoms with Crippen molar-refractivity contribution in [2.45, 2.75) is 32.6 Å².